The van der Waals surface area contributed by atoms with E-state index in [1.54, 1.807) is 6.07 Å². The molecule has 1 amide bonds. The molecule has 3 rings (SSSR count). The van der Waals surface area contributed by atoms with Gasteiger partial charge in [0, 0.05) is 12.1 Å². The topological polar surface area (TPSA) is 71.7 Å². The monoisotopic (exact) mass is 405 g/mol. The van der Waals surface area contributed by atoms with E-state index in [4.69, 9.17) is 9.15 Å². The summed E-state index contributed by atoms with van der Waals surface area (Å²) in [4.78, 5) is 12.3. The Morgan fingerprint density at radius 2 is 1.76 bits per heavy atom. The fourth-order valence-corrected chi connectivity index (χ4v) is 2.61. The molecule has 0 fully saturated rings. The minimum atomic E-state index is -4.42. The van der Waals surface area contributed by atoms with E-state index in [0.717, 1.165) is 17.7 Å². The molecule has 152 valence electrons. The molecule has 0 saturated carbocycles. The Hall–Kier alpha value is -3.26. The molecule has 5 nitrogen and oxygen atoms in total. The van der Waals surface area contributed by atoms with Gasteiger partial charge in [-0.2, -0.15) is 13.2 Å². The first-order valence-electron chi connectivity index (χ1n) is 8.74. The molecule has 0 bridgehead atoms. The molecule has 1 atom stereocenters. The van der Waals surface area contributed by atoms with Crippen molar-refractivity contribution in [2.45, 2.75) is 12.3 Å². The summed E-state index contributed by atoms with van der Waals surface area (Å²) in [6.45, 7) is -0.316. The maximum atomic E-state index is 12.5. The predicted molar refractivity (Wildman–Crippen MR) is 99.4 cm³/mol. The van der Waals surface area contributed by atoms with E-state index in [9.17, 15) is 23.1 Å². The summed E-state index contributed by atoms with van der Waals surface area (Å²) in [5.41, 5.74) is 0.654. The van der Waals surface area contributed by atoms with Crippen LogP contribution in [0.15, 0.2) is 71.3 Å². The second kappa shape index (κ2) is 8.83. The van der Waals surface area contributed by atoms with Crippen molar-refractivity contribution >= 4 is 5.91 Å². The maximum absolute atomic E-state index is 12.5. The minimum Gasteiger partial charge on any atom is -0.491 e. The van der Waals surface area contributed by atoms with Gasteiger partial charge in [-0.15, -0.1) is 0 Å². The van der Waals surface area contributed by atoms with E-state index in [1.165, 1.54) is 18.4 Å². The highest BCUT2D eigenvalue weighted by Crippen LogP contribution is 2.30. The molecule has 0 spiro atoms. The Balaban J connectivity index is 1.51. The lowest BCUT2D eigenvalue weighted by Gasteiger charge is -2.14. The van der Waals surface area contributed by atoms with Gasteiger partial charge in [0.1, 0.15) is 18.5 Å². The Kier molecular flexibility index (Phi) is 6.23. The van der Waals surface area contributed by atoms with E-state index >= 15 is 0 Å². The number of carbonyl (C=O) groups is 1. The molecule has 0 aliphatic heterocycles. The average molecular weight is 405 g/mol. The van der Waals surface area contributed by atoms with E-state index < -0.39 is 23.8 Å². The van der Waals surface area contributed by atoms with Gasteiger partial charge >= 0.3 is 6.18 Å². The van der Waals surface area contributed by atoms with Crippen molar-refractivity contribution in [2.24, 2.45) is 0 Å². The average Bonchev–Trinajstić information content (AvgIpc) is 3.21. The molecule has 1 heterocycles. The molecule has 0 aliphatic carbocycles. The van der Waals surface area contributed by atoms with Crippen LogP contribution >= 0.6 is 0 Å². The highest BCUT2D eigenvalue weighted by Gasteiger charge is 2.30. The number of amides is 1. The third-order valence-corrected chi connectivity index (χ3v) is 4.08. The van der Waals surface area contributed by atoms with Crippen LogP contribution in [0.5, 0.6) is 5.75 Å². The van der Waals surface area contributed by atoms with Gasteiger partial charge in [0.2, 0.25) is 0 Å². The number of alkyl halides is 3. The van der Waals surface area contributed by atoms with Crippen molar-refractivity contribution in [2.75, 3.05) is 13.2 Å². The fourth-order valence-electron chi connectivity index (χ4n) is 2.61. The normalized spacial score (nSPS) is 12.4. The summed E-state index contributed by atoms with van der Waals surface area (Å²) in [5.74, 6) is -0.199. The number of furan rings is 1. The zero-order valence-electron chi connectivity index (χ0n) is 15.1. The third kappa shape index (κ3) is 5.39. The summed E-state index contributed by atoms with van der Waals surface area (Å²) in [5, 5.41) is 12.5. The Morgan fingerprint density at radius 1 is 1.07 bits per heavy atom. The van der Waals surface area contributed by atoms with Crippen LogP contribution in [0.1, 0.15) is 16.1 Å². The van der Waals surface area contributed by atoms with Crippen LogP contribution in [0, 0.1) is 0 Å². The number of carbonyl (C=O) groups excluding carboxylic acids is 1. The quantitative estimate of drug-likeness (QED) is 0.620. The van der Waals surface area contributed by atoms with Gasteiger partial charge in [-0.25, -0.2) is 0 Å². The summed E-state index contributed by atoms with van der Waals surface area (Å²) in [7, 11) is 0. The number of rotatable bonds is 7. The molecule has 0 aliphatic rings. The van der Waals surface area contributed by atoms with Crippen molar-refractivity contribution in [1.29, 1.82) is 0 Å². The highest BCUT2D eigenvalue weighted by atomic mass is 19.4. The van der Waals surface area contributed by atoms with Gasteiger partial charge in [0.15, 0.2) is 5.76 Å². The zero-order chi connectivity index (χ0) is 20.9. The molecule has 1 unspecified atom stereocenters. The lowest BCUT2D eigenvalue weighted by atomic mass is 10.1. The third-order valence-electron chi connectivity index (χ3n) is 4.08. The first-order valence-corrected chi connectivity index (χ1v) is 8.74. The van der Waals surface area contributed by atoms with Crippen molar-refractivity contribution in [3.05, 3.63) is 78.3 Å². The van der Waals surface area contributed by atoms with Crippen LogP contribution in [0.4, 0.5) is 13.2 Å². The first-order chi connectivity index (χ1) is 13.8. The minimum absolute atomic E-state index is 0.117. The molecule has 3 aromatic rings. The van der Waals surface area contributed by atoms with Gasteiger partial charge < -0.3 is 19.6 Å². The van der Waals surface area contributed by atoms with Gasteiger partial charge in [-0.1, -0.05) is 30.3 Å². The van der Waals surface area contributed by atoms with Crippen molar-refractivity contribution < 1.29 is 32.2 Å². The second-order valence-electron chi connectivity index (χ2n) is 6.23. The summed E-state index contributed by atoms with van der Waals surface area (Å²) in [6, 6.07) is 15.0. The van der Waals surface area contributed by atoms with Gasteiger partial charge in [-0.05, 0) is 35.9 Å². The first kappa shape index (κ1) is 20.5. The number of halogens is 3. The molecule has 2 aromatic carbocycles. The van der Waals surface area contributed by atoms with E-state index in [1.807, 2.05) is 30.3 Å². The lowest BCUT2D eigenvalue weighted by Crippen LogP contribution is -2.35. The van der Waals surface area contributed by atoms with Crippen LogP contribution in [-0.4, -0.2) is 30.3 Å². The number of aliphatic hydroxyl groups excluding tert-OH is 1. The summed E-state index contributed by atoms with van der Waals surface area (Å²) in [6.07, 6.45) is -4.08. The summed E-state index contributed by atoms with van der Waals surface area (Å²) < 4.78 is 48.1. The van der Waals surface area contributed by atoms with Crippen LogP contribution in [0.3, 0.4) is 0 Å². The molecule has 1 aromatic heterocycles. The molecule has 8 heteroatoms. The maximum Gasteiger partial charge on any atom is 0.416 e. The van der Waals surface area contributed by atoms with Crippen LogP contribution < -0.4 is 10.1 Å². The molecule has 0 saturated heterocycles. The number of benzene rings is 2. The van der Waals surface area contributed by atoms with Crippen LogP contribution in [0.25, 0.3) is 11.1 Å². The Labute approximate surface area is 164 Å². The predicted octanol–water partition coefficient (Wildman–Crippen LogP) is 4.14. The number of aliphatic hydroxyl groups is 1. The van der Waals surface area contributed by atoms with Crippen molar-refractivity contribution in [1.82, 2.24) is 5.32 Å². The molecule has 0 radical (unpaired) electrons. The van der Waals surface area contributed by atoms with E-state index in [0.29, 0.717) is 5.56 Å². The van der Waals surface area contributed by atoms with Crippen molar-refractivity contribution in [3.63, 3.8) is 0 Å². The molecule has 29 heavy (non-hydrogen) atoms. The molecular formula is C21H18F3NO4. The van der Waals surface area contributed by atoms with E-state index in [-0.39, 0.29) is 24.7 Å². The number of hydrogen-bond acceptors (Lipinski definition) is 4. The zero-order valence-corrected chi connectivity index (χ0v) is 15.1. The lowest BCUT2D eigenvalue weighted by molar-refractivity contribution is -0.137. The number of nitrogens with one attached hydrogen (secondary N) is 1. The number of ether oxygens (including phenoxy) is 1. The molecular weight excluding hydrogens is 387 g/mol. The fraction of sp³-hybridized carbons (Fsp3) is 0.190. The van der Waals surface area contributed by atoms with Gasteiger partial charge in [-0.3, -0.25) is 4.79 Å². The van der Waals surface area contributed by atoms with Crippen LogP contribution in [-0.2, 0) is 6.18 Å². The van der Waals surface area contributed by atoms with E-state index in [2.05, 4.69) is 5.32 Å². The SMILES string of the molecule is O=C(NCC(O)COc1ccc(C(F)(F)F)cc1)c1occc1-c1ccccc1. The summed E-state index contributed by atoms with van der Waals surface area (Å²) >= 11 is 0. The standard InChI is InChI=1S/C21H18F3NO4/c22-21(23,24)15-6-8-17(9-7-15)29-13-16(26)12-25-20(27)19-18(10-11-28-19)14-4-2-1-3-5-14/h1-11,16,26H,12-13H2,(H,25,27). The largest absolute Gasteiger partial charge is 0.491 e. The van der Waals surface area contributed by atoms with Crippen molar-refractivity contribution in [3.8, 4) is 16.9 Å². The molecule has 2 N–H and O–H groups in total. The van der Waals surface area contributed by atoms with Gasteiger partial charge in [0.25, 0.3) is 5.91 Å². The Bertz CT molecular complexity index is 937. The highest BCUT2D eigenvalue weighted by molar-refractivity contribution is 5.98. The number of hydrogen-bond donors (Lipinski definition) is 2. The van der Waals surface area contributed by atoms with Crippen LogP contribution in [0.2, 0.25) is 0 Å². The van der Waals surface area contributed by atoms with Gasteiger partial charge in [0.05, 0.1) is 11.8 Å². The smallest absolute Gasteiger partial charge is 0.416 e. The Morgan fingerprint density at radius 3 is 2.41 bits per heavy atom. The second-order valence-corrected chi connectivity index (χ2v) is 6.23.